The molecule has 80 valence electrons. The minimum absolute atomic E-state index is 1.05. The van der Waals surface area contributed by atoms with Gasteiger partial charge in [-0.25, -0.2) is 4.98 Å². The van der Waals surface area contributed by atoms with Crippen molar-refractivity contribution >= 4 is 32.5 Å². The van der Waals surface area contributed by atoms with Gasteiger partial charge >= 0.3 is 0 Å². The quantitative estimate of drug-likeness (QED) is 0.585. The number of benzene rings is 1. The van der Waals surface area contributed by atoms with Crippen LogP contribution in [0.25, 0.3) is 21.1 Å². The lowest BCUT2D eigenvalue weighted by atomic mass is 10.1. The Bertz CT molecular complexity index is 698. The number of pyridine rings is 1. The fourth-order valence-electron chi connectivity index (χ4n) is 2.18. The highest BCUT2D eigenvalue weighted by atomic mass is 32.1. The van der Waals surface area contributed by atoms with Crippen molar-refractivity contribution in [3.8, 4) is 0 Å². The van der Waals surface area contributed by atoms with Crippen LogP contribution < -0.4 is 0 Å². The normalized spacial score (nSPS) is 11.4. The number of rotatable bonds is 0. The Morgan fingerprint density at radius 1 is 1.06 bits per heavy atom. The molecule has 2 aromatic heterocycles. The fraction of sp³-hybridized carbons (Fsp3) is 0.231. The molecule has 0 spiro atoms. The maximum absolute atomic E-state index is 4.61. The van der Waals surface area contributed by atoms with Crippen molar-refractivity contribution in [1.82, 2.24) is 9.97 Å². The van der Waals surface area contributed by atoms with E-state index >= 15 is 0 Å². The Labute approximate surface area is 98.0 Å². The van der Waals surface area contributed by atoms with E-state index in [4.69, 9.17) is 0 Å². The number of hydrogen-bond acceptors (Lipinski definition) is 3. The van der Waals surface area contributed by atoms with Gasteiger partial charge in [0, 0.05) is 11.1 Å². The van der Waals surface area contributed by atoms with Crippen LogP contribution in [0, 0.1) is 20.8 Å². The van der Waals surface area contributed by atoms with Gasteiger partial charge in [0.05, 0.1) is 20.7 Å². The summed E-state index contributed by atoms with van der Waals surface area (Å²) in [5.74, 6) is 0. The first-order valence-electron chi connectivity index (χ1n) is 5.29. The van der Waals surface area contributed by atoms with Gasteiger partial charge in [0.2, 0.25) is 0 Å². The van der Waals surface area contributed by atoms with Crippen LogP contribution in [0.4, 0.5) is 0 Å². The zero-order valence-corrected chi connectivity index (χ0v) is 10.4. The molecule has 0 radical (unpaired) electrons. The molecule has 3 aromatic rings. The summed E-state index contributed by atoms with van der Waals surface area (Å²) >= 11 is 1.74. The third-order valence-electron chi connectivity index (χ3n) is 2.76. The molecule has 3 rings (SSSR count). The molecule has 0 saturated carbocycles. The zero-order chi connectivity index (χ0) is 11.3. The van der Waals surface area contributed by atoms with Gasteiger partial charge in [0.15, 0.2) is 0 Å². The van der Waals surface area contributed by atoms with Crippen molar-refractivity contribution in [3.63, 3.8) is 0 Å². The summed E-state index contributed by atoms with van der Waals surface area (Å²) in [6, 6.07) is 6.33. The number of aryl methyl sites for hydroxylation is 3. The van der Waals surface area contributed by atoms with Crippen LogP contribution in [0.3, 0.4) is 0 Å². The number of fused-ring (bicyclic) bond motifs is 3. The van der Waals surface area contributed by atoms with Crippen molar-refractivity contribution in [2.75, 3.05) is 0 Å². The fourth-order valence-corrected chi connectivity index (χ4v) is 3.02. The average molecular weight is 228 g/mol. The Balaban J connectivity index is 2.59. The van der Waals surface area contributed by atoms with E-state index in [9.17, 15) is 0 Å². The van der Waals surface area contributed by atoms with E-state index in [0.29, 0.717) is 0 Å². The van der Waals surface area contributed by atoms with E-state index in [-0.39, 0.29) is 0 Å². The van der Waals surface area contributed by atoms with Crippen LogP contribution in [0.15, 0.2) is 18.2 Å². The van der Waals surface area contributed by atoms with Crippen LogP contribution in [-0.4, -0.2) is 9.97 Å². The topological polar surface area (TPSA) is 25.8 Å². The lowest BCUT2D eigenvalue weighted by Crippen LogP contribution is -1.88. The molecule has 16 heavy (non-hydrogen) atoms. The summed E-state index contributed by atoms with van der Waals surface area (Å²) in [4.78, 5) is 9.17. The third-order valence-corrected chi connectivity index (χ3v) is 3.70. The van der Waals surface area contributed by atoms with E-state index in [2.05, 4.69) is 35.1 Å². The second kappa shape index (κ2) is 3.25. The van der Waals surface area contributed by atoms with E-state index in [1.807, 2.05) is 13.8 Å². The molecule has 0 aliphatic carbocycles. The van der Waals surface area contributed by atoms with Crippen LogP contribution in [0.5, 0.6) is 0 Å². The van der Waals surface area contributed by atoms with Gasteiger partial charge < -0.3 is 0 Å². The molecular formula is C13H12N2S. The molecule has 0 unspecified atom stereocenters. The van der Waals surface area contributed by atoms with Gasteiger partial charge in [0.25, 0.3) is 0 Å². The van der Waals surface area contributed by atoms with Gasteiger partial charge in [-0.05, 0) is 44.5 Å². The van der Waals surface area contributed by atoms with Gasteiger partial charge in [0.1, 0.15) is 0 Å². The second-order valence-corrected chi connectivity index (χ2v) is 5.35. The molecule has 0 aliphatic heterocycles. The first kappa shape index (κ1) is 9.73. The number of aromatic nitrogens is 2. The lowest BCUT2D eigenvalue weighted by molar-refractivity contribution is 1.23. The molecule has 0 bridgehead atoms. The summed E-state index contributed by atoms with van der Waals surface area (Å²) in [6.07, 6.45) is 0. The lowest BCUT2D eigenvalue weighted by Gasteiger charge is -2.03. The first-order valence-corrected chi connectivity index (χ1v) is 6.11. The minimum Gasteiger partial charge on any atom is -0.253 e. The largest absolute Gasteiger partial charge is 0.253 e. The molecule has 0 atom stereocenters. The molecule has 3 heteroatoms. The maximum atomic E-state index is 4.61. The van der Waals surface area contributed by atoms with Crippen LogP contribution >= 0.6 is 11.3 Å². The van der Waals surface area contributed by atoms with E-state index < -0.39 is 0 Å². The molecule has 0 saturated heterocycles. The van der Waals surface area contributed by atoms with Gasteiger partial charge in [-0.3, -0.25) is 4.98 Å². The van der Waals surface area contributed by atoms with Crippen molar-refractivity contribution in [2.45, 2.75) is 20.8 Å². The van der Waals surface area contributed by atoms with Gasteiger partial charge in [-0.15, -0.1) is 11.3 Å². The highest BCUT2D eigenvalue weighted by Gasteiger charge is 2.08. The summed E-state index contributed by atoms with van der Waals surface area (Å²) in [6.45, 7) is 6.21. The molecule has 0 amide bonds. The molecule has 0 N–H and O–H groups in total. The van der Waals surface area contributed by atoms with Crippen molar-refractivity contribution in [1.29, 1.82) is 0 Å². The zero-order valence-electron chi connectivity index (χ0n) is 9.53. The third kappa shape index (κ3) is 1.32. The van der Waals surface area contributed by atoms with Crippen molar-refractivity contribution < 1.29 is 0 Å². The summed E-state index contributed by atoms with van der Waals surface area (Å²) < 4.78 is 1.25. The molecule has 1 aromatic carbocycles. The highest BCUT2D eigenvalue weighted by Crippen LogP contribution is 2.30. The average Bonchev–Trinajstić information content (AvgIpc) is 2.56. The van der Waals surface area contributed by atoms with E-state index in [0.717, 1.165) is 21.7 Å². The highest BCUT2D eigenvalue weighted by molar-refractivity contribution is 7.18. The number of hydrogen-bond donors (Lipinski definition) is 0. The smallest absolute Gasteiger partial charge is 0.0912 e. The number of nitrogens with zero attached hydrogens (tertiary/aromatic N) is 2. The Morgan fingerprint density at radius 3 is 2.69 bits per heavy atom. The van der Waals surface area contributed by atoms with Crippen LogP contribution in [-0.2, 0) is 0 Å². The molecule has 0 aliphatic rings. The maximum Gasteiger partial charge on any atom is 0.0912 e. The Morgan fingerprint density at radius 2 is 1.88 bits per heavy atom. The Kier molecular flexibility index (Phi) is 1.98. The SMILES string of the molecule is Cc1cc(C)c2c(ccc3sc(C)nc32)n1. The summed E-state index contributed by atoms with van der Waals surface area (Å²) in [5, 5.41) is 2.31. The van der Waals surface area contributed by atoms with Crippen LogP contribution in [0.1, 0.15) is 16.3 Å². The minimum atomic E-state index is 1.05. The van der Waals surface area contributed by atoms with Crippen molar-refractivity contribution in [3.05, 3.63) is 34.5 Å². The molecule has 2 heterocycles. The first-order chi connectivity index (χ1) is 7.65. The summed E-state index contributed by atoms with van der Waals surface area (Å²) in [5.41, 5.74) is 4.48. The van der Waals surface area contributed by atoms with Crippen LogP contribution in [0.2, 0.25) is 0 Å². The standard InChI is InChI=1S/C13H12N2S/c1-7-6-8(2)14-10-4-5-11-13(12(7)10)15-9(3)16-11/h4-6H,1-3H3. The van der Waals surface area contributed by atoms with E-state index in [1.54, 1.807) is 11.3 Å². The molecule has 0 fully saturated rings. The predicted molar refractivity (Wildman–Crippen MR) is 69.1 cm³/mol. The predicted octanol–water partition coefficient (Wildman–Crippen LogP) is 3.77. The summed E-state index contributed by atoms with van der Waals surface area (Å²) in [7, 11) is 0. The monoisotopic (exact) mass is 228 g/mol. The van der Waals surface area contributed by atoms with Gasteiger partial charge in [-0.1, -0.05) is 0 Å². The van der Waals surface area contributed by atoms with Gasteiger partial charge in [-0.2, -0.15) is 0 Å². The Hall–Kier alpha value is -1.48. The number of thiazole rings is 1. The second-order valence-electron chi connectivity index (χ2n) is 4.12. The molecule has 2 nitrogen and oxygen atoms in total. The van der Waals surface area contributed by atoms with E-state index in [1.165, 1.54) is 15.6 Å². The van der Waals surface area contributed by atoms with Crippen molar-refractivity contribution in [2.24, 2.45) is 0 Å². The molecular weight excluding hydrogens is 216 g/mol.